The molecule has 0 saturated carbocycles. The van der Waals surface area contributed by atoms with Crippen molar-refractivity contribution >= 4 is 29.2 Å². The number of fused-ring (bicyclic) bond motifs is 1. The maximum atomic E-state index is 13.6. The monoisotopic (exact) mass is 363 g/mol. The summed E-state index contributed by atoms with van der Waals surface area (Å²) in [7, 11) is 0. The van der Waals surface area contributed by atoms with E-state index in [9.17, 15) is 14.0 Å². The standard InChI is InChI=1S/C18H15ClFNO4/c19-14-2-1-3-15(20)13(14)9-25-18(23)10-24-12-5-6-16-11(8-12)4-7-17(22)21-16/h1-3,5-6,8H,4,7,9-10H2,(H,21,22). The lowest BCUT2D eigenvalue weighted by Gasteiger charge is -2.17. The SMILES string of the molecule is O=C1CCc2cc(OCC(=O)OCc3c(F)cccc3Cl)ccc2N1. The summed E-state index contributed by atoms with van der Waals surface area (Å²) in [5.74, 6) is -0.685. The minimum absolute atomic E-state index is 0.0171. The first kappa shape index (κ1) is 17.2. The van der Waals surface area contributed by atoms with Crippen LogP contribution in [0, 0.1) is 5.82 Å². The Morgan fingerprint density at radius 1 is 1.24 bits per heavy atom. The molecule has 0 fully saturated rings. The summed E-state index contributed by atoms with van der Waals surface area (Å²) in [5, 5.41) is 2.97. The summed E-state index contributed by atoms with van der Waals surface area (Å²) in [6.45, 7) is -0.568. The molecule has 1 aliphatic rings. The molecule has 2 aromatic carbocycles. The van der Waals surface area contributed by atoms with E-state index in [1.54, 1.807) is 18.2 Å². The molecule has 5 nitrogen and oxygen atoms in total. The Kier molecular flexibility index (Phi) is 5.19. The summed E-state index contributed by atoms with van der Waals surface area (Å²) in [6.07, 6.45) is 1.04. The molecule has 1 heterocycles. The number of aryl methyl sites for hydroxylation is 1. The van der Waals surface area contributed by atoms with Gasteiger partial charge in [-0.3, -0.25) is 4.79 Å². The number of amides is 1. The number of rotatable bonds is 5. The second-order valence-corrected chi connectivity index (χ2v) is 5.92. The summed E-state index contributed by atoms with van der Waals surface area (Å²) in [4.78, 5) is 23.1. The van der Waals surface area contributed by atoms with Gasteiger partial charge in [0.25, 0.3) is 0 Å². The lowest BCUT2D eigenvalue weighted by atomic mass is 10.0. The minimum atomic E-state index is -0.634. The molecule has 7 heteroatoms. The first-order chi connectivity index (χ1) is 12.0. The summed E-state index contributed by atoms with van der Waals surface area (Å²) in [5.41, 5.74) is 1.83. The molecule has 0 bridgehead atoms. The highest BCUT2D eigenvalue weighted by Gasteiger charge is 2.16. The highest BCUT2D eigenvalue weighted by Crippen LogP contribution is 2.26. The number of nitrogens with one attached hydrogen (secondary N) is 1. The third-order valence-corrected chi connectivity index (χ3v) is 4.12. The largest absolute Gasteiger partial charge is 0.482 e. The van der Waals surface area contributed by atoms with Gasteiger partial charge in [0.2, 0.25) is 5.91 Å². The van der Waals surface area contributed by atoms with Crippen molar-refractivity contribution in [1.82, 2.24) is 0 Å². The predicted molar refractivity (Wildman–Crippen MR) is 90.1 cm³/mol. The molecule has 0 spiro atoms. The molecule has 3 rings (SSSR count). The van der Waals surface area contributed by atoms with Crippen LogP contribution in [-0.4, -0.2) is 18.5 Å². The van der Waals surface area contributed by atoms with Crippen molar-refractivity contribution in [3.8, 4) is 5.75 Å². The van der Waals surface area contributed by atoms with Gasteiger partial charge in [-0.15, -0.1) is 0 Å². The maximum Gasteiger partial charge on any atom is 0.344 e. The van der Waals surface area contributed by atoms with E-state index < -0.39 is 11.8 Å². The van der Waals surface area contributed by atoms with Crippen molar-refractivity contribution in [3.05, 3.63) is 58.4 Å². The lowest BCUT2D eigenvalue weighted by Crippen LogP contribution is -2.19. The molecule has 2 aromatic rings. The number of esters is 1. The average molecular weight is 364 g/mol. The molecule has 1 N–H and O–H groups in total. The fourth-order valence-electron chi connectivity index (χ4n) is 2.46. The Balaban J connectivity index is 1.53. The number of carbonyl (C=O) groups is 2. The molecule has 0 saturated heterocycles. The van der Waals surface area contributed by atoms with Gasteiger partial charge in [0.1, 0.15) is 18.2 Å². The van der Waals surface area contributed by atoms with E-state index in [0.29, 0.717) is 18.6 Å². The second-order valence-electron chi connectivity index (χ2n) is 5.52. The van der Waals surface area contributed by atoms with Crippen molar-refractivity contribution in [3.63, 3.8) is 0 Å². The molecule has 1 amide bonds. The first-order valence-electron chi connectivity index (χ1n) is 7.67. The Hall–Kier alpha value is -2.60. The molecular formula is C18H15ClFNO4. The lowest BCUT2D eigenvalue weighted by molar-refractivity contribution is -0.147. The average Bonchev–Trinajstić information content (AvgIpc) is 2.59. The van der Waals surface area contributed by atoms with Crippen LogP contribution < -0.4 is 10.1 Å². The van der Waals surface area contributed by atoms with Crippen LogP contribution in [0.4, 0.5) is 10.1 Å². The Labute approximate surface area is 148 Å². The van der Waals surface area contributed by atoms with Crippen LogP contribution in [0.25, 0.3) is 0 Å². The van der Waals surface area contributed by atoms with Crippen LogP contribution in [-0.2, 0) is 27.4 Å². The fourth-order valence-corrected chi connectivity index (χ4v) is 2.67. The van der Waals surface area contributed by atoms with Gasteiger partial charge >= 0.3 is 5.97 Å². The van der Waals surface area contributed by atoms with Crippen LogP contribution in [0.5, 0.6) is 5.75 Å². The Bertz CT molecular complexity index is 804. The summed E-state index contributed by atoms with van der Waals surface area (Å²) < 4.78 is 24.0. The zero-order valence-corrected chi connectivity index (χ0v) is 13.9. The van der Waals surface area contributed by atoms with Crippen LogP contribution >= 0.6 is 11.6 Å². The summed E-state index contributed by atoms with van der Waals surface area (Å²) in [6, 6.07) is 9.41. The third kappa shape index (κ3) is 4.28. The zero-order chi connectivity index (χ0) is 17.8. The van der Waals surface area contributed by atoms with Crippen LogP contribution in [0.3, 0.4) is 0 Å². The van der Waals surface area contributed by atoms with Crippen molar-refractivity contribution < 1.29 is 23.5 Å². The van der Waals surface area contributed by atoms with E-state index in [1.165, 1.54) is 18.2 Å². The second kappa shape index (κ2) is 7.53. The van der Waals surface area contributed by atoms with E-state index in [2.05, 4.69) is 5.32 Å². The molecule has 0 unspecified atom stereocenters. The number of hydrogen-bond donors (Lipinski definition) is 1. The van der Waals surface area contributed by atoms with Crippen LogP contribution in [0.2, 0.25) is 5.02 Å². The zero-order valence-electron chi connectivity index (χ0n) is 13.2. The number of ether oxygens (including phenoxy) is 2. The fraction of sp³-hybridized carbons (Fsp3) is 0.222. The molecule has 0 atom stereocenters. The van der Waals surface area contributed by atoms with Gasteiger partial charge in [-0.25, -0.2) is 9.18 Å². The van der Waals surface area contributed by atoms with Crippen LogP contribution in [0.15, 0.2) is 36.4 Å². The highest BCUT2D eigenvalue weighted by atomic mass is 35.5. The van der Waals surface area contributed by atoms with Gasteiger partial charge in [0.05, 0.1) is 5.02 Å². The van der Waals surface area contributed by atoms with Crippen LogP contribution in [0.1, 0.15) is 17.5 Å². The molecule has 1 aliphatic heterocycles. The predicted octanol–water partition coefficient (Wildman–Crippen LogP) is 3.49. The normalized spacial score (nSPS) is 13.0. The van der Waals surface area contributed by atoms with E-state index in [1.807, 2.05) is 0 Å². The van der Waals surface area contributed by atoms with E-state index in [4.69, 9.17) is 21.1 Å². The first-order valence-corrected chi connectivity index (χ1v) is 8.05. The molecule has 0 radical (unpaired) electrons. The number of anilines is 1. The minimum Gasteiger partial charge on any atom is -0.482 e. The van der Waals surface area contributed by atoms with Crippen molar-refractivity contribution in [2.45, 2.75) is 19.4 Å². The maximum absolute atomic E-state index is 13.6. The molecule has 0 aromatic heterocycles. The smallest absolute Gasteiger partial charge is 0.344 e. The summed E-state index contributed by atoms with van der Waals surface area (Å²) >= 11 is 5.87. The highest BCUT2D eigenvalue weighted by molar-refractivity contribution is 6.31. The molecule has 130 valence electrons. The molecule has 0 aliphatic carbocycles. The van der Waals surface area contributed by atoms with Gasteiger partial charge in [0.15, 0.2) is 6.61 Å². The van der Waals surface area contributed by atoms with Gasteiger partial charge in [-0.2, -0.15) is 0 Å². The Morgan fingerprint density at radius 3 is 2.88 bits per heavy atom. The number of carbonyl (C=O) groups excluding carboxylic acids is 2. The van der Waals surface area contributed by atoms with Gasteiger partial charge in [-0.05, 0) is 42.3 Å². The van der Waals surface area contributed by atoms with Crippen molar-refractivity contribution in [1.29, 1.82) is 0 Å². The molecular weight excluding hydrogens is 349 g/mol. The van der Waals surface area contributed by atoms with E-state index in [0.717, 1.165) is 11.3 Å². The van der Waals surface area contributed by atoms with E-state index >= 15 is 0 Å². The number of hydrogen-bond acceptors (Lipinski definition) is 4. The molecule has 25 heavy (non-hydrogen) atoms. The third-order valence-electron chi connectivity index (χ3n) is 3.77. The number of halogens is 2. The van der Waals surface area contributed by atoms with Gasteiger partial charge in [-0.1, -0.05) is 17.7 Å². The number of benzene rings is 2. The van der Waals surface area contributed by atoms with Gasteiger partial charge in [0, 0.05) is 17.7 Å². The topological polar surface area (TPSA) is 64.6 Å². The van der Waals surface area contributed by atoms with Crippen molar-refractivity contribution in [2.75, 3.05) is 11.9 Å². The van der Waals surface area contributed by atoms with Crippen molar-refractivity contribution in [2.24, 2.45) is 0 Å². The van der Waals surface area contributed by atoms with E-state index in [-0.39, 0.29) is 29.7 Å². The Morgan fingerprint density at radius 2 is 2.08 bits per heavy atom. The van der Waals surface area contributed by atoms with Gasteiger partial charge < -0.3 is 14.8 Å². The quantitative estimate of drug-likeness (QED) is 0.826.